The van der Waals surface area contributed by atoms with Gasteiger partial charge in [-0.2, -0.15) is 5.26 Å². The van der Waals surface area contributed by atoms with Gasteiger partial charge < -0.3 is 24.3 Å². The summed E-state index contributed by atoms with van der Waals surface area (Å²) in [5.74, 6) is -1.43. The summed E-state index contributed by atoms with van der Waals surface area (Å²) in [7, 11) is 1.74. The molecule has 62 heavy (non-hydrogen) atoms. The molecule has 3 aromatic heterocycles. The molecule has 4 fully saturated rings. The van der Waals surface area contributed by atoms with Crippen LogP contribution in [-0.4, -0.2) is 93.7 Å². The Balaban J connectivity index is 1.14. The molecule has 4 aromatic rings. The molecule has 2 saturated heterocycles. The Bertz CT molecular complexity index is 2390. The van der Waals surface area contributed by atoms with Crippen molar-refractivity contribution in [3.63, 3.8) is 0 Å². The van der Waals surface area contributed by atoms with Gasteiger partial charge in [-0.3, -0.25) is 24.4 Å². The SMILES string of the molecule is CCn1c(-c2cc(C3CCN(C4CC4)CC3)cnc2[C@H](C)OC)c2c3cc(ccc31)-c1csc(n1)C[C@H](NC(=O)[C@@H]1CC[C@H]1C#N)C(=O)N1CCC[C@H](N1)C(=O)OCC(C)(C)C2. The van der Waals surface area contributed by atoms with Gasteiger partial charge in [0.25, 0.3) is 5.91 Å². The number of esters is 1. The third kappa shape index (κ3) is 8.41. The van der Waals surface area contributed by atoms with Gasteiger partial charge in [-0.15, -0.1) is 11.3 Å². The van der Waals surface area contributed by atoms with Crippen molar-refractivity contribution in [3.05, 3.63) is 57.7 Å². The number of methoxy groups -OCH3 is 1. The van der Waals surface area contributed by atoms with Crippen LogP contribution in [0.4, 0.5) is 0 Å². The van der Waals surface area contributed by atoms with Crippen LogP contribution in [0.1, 0.15) is 113 Å². The van der Waals surface area contributed by atoms with Gasteiger partial charge in [0.05, 0.1) is 52.7 Å². The van der Waals surface area contributed by atoms with Crippen LogP contribution in [0.25, 0.3) is 33.4 Å². The number of nitrogens with one attached hydrogen (secondary N) is 2. The number of ether oxygens (including phenoxy) is 2. The molecule has 0 spiro atoms. The van der Waals surface area contributed by atoms with Gasteiger partial charge in [-0.1, -0.05) is 19.9 Å². The normalized spacial score (nSPS) is 25.4. The Morgan fingerprint density at radius 3 is 2.63 bits per heavy atom. The predicted octanol–water partition coefficient (Wildman–Crippen LogP) is 7.09. The molecule has 3 aliphatic heterocycles. The summed E-state index contributed by atoms with van der Waals surface area (Å²) in [6.45, 7) is 12.1. The number of carbonyl (C=O) groups excluding carboxylic acids is 3. The average Bonchev–Trinajstić information content (AvgIpc) is 3.95. The molecule has 1 aromatic carbocycles. The molecule has 5 atom stereocenters. The molecule has 14 heteroatoms. The lowest BCUT2D eigenvalue weighted by Gasteiger charge is -2.36. The smallest absolute Gasteiger partial charge is 0.324 e. The van der Waals surface area contributed by atoms with Crippen LogP contribution in [0.3, 0.4) is 0 Å². The van der Waals surface area contributed by atoms with Gasteiger partial charge >= 0.3 is 5.97 Å². The predicted molar refractivity (Wildman–Crippen MR) is 238 cm³/mol. The molecule has 5 aliphatic rings. The molecule has 328 valence electrons. The Hall–Kier alpha value is -4.68. The van der Waals surface area contributed by atoms with Gasteiger partial charge in [-0.05, 0) is 120 Å². The number of nitriles is 1. The molecule has 0 radical (unpaired) electrons. The molecule has 6 heterocycles. The maximum absolute atomic E-state index is 14.2. The standard InChI is InChI=1S/C48H60N8O5S/c1-6-55-41-14-10-30-20-35(41)37(44(55)36-21-32(25-50-43(36)28(2)60-5)29-15-18-54(19-16-29)33-11-12-33)23-48(3,4)27-61-47(59)38-8-7-17-56(53-38)46(58)39(22-42-51-40(30)26-62-42)52-45(57)34-13-9-31(34)24-49/h10,14,20-21,25-26,28-29,31,33-34,38-39,53H,6-9,11-13,15-19,22-23,27H2,1-5H3,(H,52,57)/t28-,31-,34+,38-,39-/m0/s1. The quantitative estimate of drug-likeness (QED) is 0.176. The molecule has 6 bridgehead atoms. The van der Waals surface area contributed by atoms with Gasteiger partial charge in [-0.25, -0.2) is 10.4 Å². The second-order valence-corrected chi connectivity index (χ2v) is 19.9. The van der Waals surface area contributed by atoms with Crippen molar-refractivity contribution in [2.75, 3.05) is 33.4 Å². The Morgan fingerprint density at radius 2 is 1.92 bits per heavy atom. The first-order valence-electron chi connectivity index (χ1n) is 22.8. The van der Waals surface area contributed by atoms with Crippen LogP contribution in [0, 0.1) is 28.6 Å². The number of fused-ring (bicyclic) bond motifs is 6. The zero-order chi connectivity index (χ0) is 43.3. The van der Waals surface area contributed by atoms with E-state index >= 15 is 0 Å². The minimum absolute atomic E-state index is 0.171. The molecular weight excluding hydrogens is 801 g/mol. The number of rotatable bonds is 8. The maximum Gasteiger partial charge on any atom is 0.324 e. The van der Waals surface area contributed by atoms with Crippen LogP contribution in [0.5, 0.6) is 0 Å². The number of cyclic esters (lactones) is 1. The highest BCUT2D eigenvalue weighted by atomic mass is 32.1. The first-order chi connectivity index (χ1) is 29.9. The second-order valence-electron chi connectivity index (χ2n) is 19.0. The highest BCUT2D eigenvalue weighted by Gasteiger charge is 2.41. The number of piperidine rings is 1. The molecule has 2 saturated carbocycles. The van der Waals surface area contributed by atoms with E-state index in [4.69, 9.17) is 19.4 Å². The fourth-order valence-electron chi connectivity index (χ4n) is 10.1. The summed E-state index contributed by atoms with van der Waals surface area (Å²) in [6, 6.07) is 10.3. The number of pyridine rings is 1. The third-order valence-corrected chi connectivity index (χ3v) is 15.0. The van der Waals surface area contributed by atoms with Crippen LogP contribution >= 0.6 is 11.3 Å². The lowest BCUT2D eigenvalue weighted by Crippen LogP contribution is -2.61. The second kappa shape index (κ2) is 17.5. The topological polar surface area (TPSA) is 155 Å². The Labute approximate surface area is 368 Å². The number of nitrogens with zero attached hydrogens (tertiary/aromatic N) is 6. The number of thiazole rings is 1. The number of hydrogen-bond acceptors (Lipinski definition) is 11. The summed E-state index contributed by atoms with van der Waals surface area (Å²) in [5, 5.41) is 17.9. The average molecular weight is 861 g/mol. The Kier molecular flexibility index (Phi) is 12.0. The summed E-state index contributed by atoms with van der Waals surface area (Å²) in [5.41, 5.74) is 11.0. The fraction of sp³-hybridized carbons (Fsp3) is 0.583. The van der Waals surface area contributed by atoms with E-state index in [9.17, 15) is 19.6 Å². The van der Waals surface area contributed by atoms with Crippen molar-refractivity contribution in [1.29, 1.82) is 5.26 Å². The number of hydrazine groups is 1. The lowest BCUT2D eigenvalue weighted by molar-refractivity contribution is -0.155. The van der Waals surface area contributed by atoms with Gasteiger partial charge in [0.15, 0.2) is 0 Å². The minimum Gasteiger partial charge on any atom is -0.464 e. The summed E-state index contributed by atoms with van der Waals surface area (Å²) in [4.78, 5) is 54.6. The van der Waals surface area contributed by atoms with Crippen LogP contribution in [0.2, 0.25) is 0 Å². The number of likely N-dealkylation sites (tertiary alicyclic amines) is 1. The number of benzene rings is 1. The summed E-state index contributed by atoms with van der Waals surface area (Å²) < 4.78 is 14.6. The zero-order valence-electron chi connectivity index (χ0n) is 36.7. The number of hydrogen-bond donors (Lipinski definition) is 2. The van der Waals surface area contributed by atoms with Crippen molar-refractivity contribution in [1.82, 2.24) is 35.2 Å². The number of amides is 2. The molecule has 9 rings (SSSR count). The first kappa shape index (κ1) is 42.6. The molecule has 13 nitrogen and oxygen atoms in total. The number of carbonyl (C=O) groups is 3. The molecule has 2 N–H and O–H groups in total. The van der Waals surface area contributed by atoms with Crippen molar-refractivity contribution < 1.29 is 23.9 Å². The molecule has 2 aliphatic carbocycles. The van der Waals surface area contributed by atoms with Crippen LogP contribution in [0.15, 0.2) is 35.8 Å². The van der Waals surface area contributed by atoms with E-state index in [1.54, 1.807) is 7.11 Å². The maximum atomic E-state index is 14.2. The van der Waals surface area contributed by atoms with E-state index in [1.165, 1.54) is 34.8 Å². The highest BCUT2D eigenvalue weighted by Crippen LogP contribution is 2.44. The van der Waals surface area contributed by atoms with Crippen LogP contribution in [-0.2, 0) is 43.2 Å². The van der Waals surface area contributed by atoms with E-state index in [-0.39, 0.29) is 36.9 Å². The monoisotopic (exact) mass is 860 g/mol. The molecule has 2 amide bonds. The summed E-state index contributed by atoms with van der Waals surface area (Å²) in [6.07, 6.45) is 9.92. The van der Waals surface area contributed by atoms with E-state index < -0.39 is 29.4 Å². The van der Waals surface area contributed by atoms with E-state index in [0.29, 0.717) is 49.6 Å². The van der Waals surface area contributed by atoms with Gasteiger partial charge in [0.1, 0.15) is 12.1 Å². The van der Waals surface area contributed by atoms with Crippen molar-refractivity contribution in [2.24, 2.45) is 17.3 Å². The van der Waals surface area contributed by atoms with E-state index in [2.05, 4.69) is 84.4 Å². The lowest BCUT2D eigenvalue weighted by atomic mass is 9.74. The minimum atomic E-state index is -0.935. The van der Waals surface area contributed by atoms with Crippen molar-refractivity contribution in [3.8, 4) is 28.6 Å². The van der Waals surface area contributed by atoms with Gasteiger partial charge in [0, 0.05) is 71.7 Å². The molecular formula is C48H60N8O5S. The first-order valence-corrected chi connectivity index (χ1v) is 23.6. The zero-order valence-corrected chi connectivity index (χ0v) is 37.6. The number of aryl methyl sites for hydroxylation is 1. The Morgan fingerprint density at radius 1 is 1.11 bits per heavy atom. The fourth-order valence-corrected chi connectivity index (χ4v) is 11.0. The van der Waals surface area contributed by atoms with Crippen molar-refractivity contribution >= 4 is 40.0 Å². The molecule has 0 unspecified atom stereocenters. The van der Waals surface area contributed by atoms with Crippen molar-refractivity contribution in [2.45, 2.75) is 129 Å². The van der Waals surface area contributed by atoms with Gasteiger partial charge in [0.2, 0.25) is 5.91 Å². The van der Waals surface area contributed by atoms with Crippen LogP contribution < -0.4 is 10.7 Å². The van der Waals surface area contributed by atoms with E-state index in [1.807, 2.05) is 5.38 Å². The van der Waals surface area contributed by atoms with E-state index in [0.717, 1.165) is 83.2 Å². The summed E-state index contributed by atoms with van der Waals surface area (Å²) >= 11 is 1.46. The highest BCUT2D eigenvalue weighted by molar-refractivity contribution is 7.10. The third-order valence-electron chi connectivity index (χ3n) is 14.1. The number of aromatic nitrogens is 3. The largest absolute Gasteiger partial charge is 0.464 e.